The molecular weight excluding hydrogens is 262 g/mol. The average Bonchev–Trinajstić information content (AvgIpc) is 2.96. The van der Waals surface area contributed by atoms with Gasteiger partial charge in [0.2, 0.25) is 0 Å². The van der Waals surface area contributed by atoms with Crippen molar-refractivity contribution < 1.29 is 4.74 Å². The Bertz CT molecular complexity index is 735. The number of aromatic nitrogens is 2. The molecule has 0 unspecified atom stereocenters. The number of benzene rings is 2. The summed E-state index contributed by atoms with van der Waals surface area (Å²) in [5, 5.41) is 4.35. The third-order valence-electron chi connectivity index (χ3n) is 3.25. The Kier molecular flexibility index (Phi) is 3.60. The topological polar surface area (TPSA) is 53.1 Å². The fourth-order valence-corrected chi connectivity index (χ4v) is 2.15. The summed E-state index contributed by atoms with van der Waals surface area (Å²) in [6.45, 7) is 2.47. The van der Waals surface area contributed by atoms with E-state index >= 15 is 0 Å². The molecule has 21 heavy (non-hydrogen) atoms. The average molecular weight is 279 g/mol. The second-order valence-corrected chi connectivity index (χ2v) is 4.94. The monoisotopic (exact) mass is 279 g/mol. The summed E-state index contributed by atoms with van der Waals surface area (Å²) in [5.41, 5.74) is 9.57. The first-order valence-electron chi connectivity index (χ1n) is 6.80. The summed E-state index contributed by atoms with van der Waals surface area (Å²) in [5.74, 6) is 0.844. The van der Waals surface area contributed by atoms with Crippen molar-refractivity contribution in [3.05, 3.63) is 72.1 Å². The summed E-state index contributed by atoms with van der Waals surface area (Å²) < 4.78 is 7.66. The third-order valence-corrected chi connectivity index (χ3v) is 3.25. The van der Waals surface area contributed by atoms with Gasteiger partial charge in [0.25, 0.3) is 0 Å². The summed E-state index contributed by atoms with van der Waals surface area (Å²) >= 11 is 0. The van der Waals surface area contributed by atoms with Crippen LogP contribution in [0.25, 0.3) is 5.69 Å². The molecule has 0 bridgehead atoms. The lowest BCUT2D eigenvalue weighted by molar-refractivity contribution is 0.304. The first-order valence-corrected chi connectivity index (χ1v) is 6.80. The number of aryl methyl sites for hydroxylation is 1. The minimum atomic E-state index is 0.484. The highest BCUT2D eigenvalue weighted by atomic mass is 16.5. The zero-order chi connectivity index (χ0) is 14.7. The highest BCUT2D eigenvalue weighted by Gasteiger charge is 2.04. The molecule has 0 amide bonds. The Balaban J connectivity index is 1.70. The van der Waals surface area contributed by atoms with Crippen LogP contribution in [0.5, 0.6) is 5.75 Å². The Morgan fingerprint density at radius 3 is 2.71 bits per heavy atom. The van der Waals surface area contributed by atoms with Gasteiger partial charge >= 0.3 is 0 Å². The van der Waals surface area contributed by atoms with Crippen molar-refractivity contribution in [3.8, 4) is 11.4 Å². The van der Waals surface area contributed by atoms with Crippen LogP contribution >= 0.6 is 0 Å². The summed E-state index contributed by atoms with van der Waals surface area (Å²) in [6.07, 6.45) is 3.79. The van der Waals surface area contributed by atoms with Crippen molar-refractivity contribution in [2.45, 2.75) is 13.5 Å². The highest BCUT2D eigenvalue weighted by molar-refractivity contribution is 5.47. The number of nitrogens with zero attached hydrogens (tertiary/aromatic N) is 2. The van der Waals surface area contributed by atoms with Crippen LogP contribution in [-0.4, -0.2) is 9.78 Å². The zero-order valence-corrected chi connectivity index (χ0v) is 11.9. The predicted molar refractivity (Wildman–Crippen MR) is 83.5 cm³/mol. The SMILES string of the molecule is Cc1cc(N)ccc1OCc1cnn(-c2ccccc2)c1. The lowest BCUT2D eigenvalue weighted by Gasteiger charge is -2.08. The van der Waals surface area contributed by atoms with E-state index in [1.54, 1.807) is 0 Å². The molecule has 2 aromatic carbocycles. The molecule has 4 nitrogen and oxygen atoms in total. The highest BCUT2D eigenvalue weighted by Crippen LogP contribution is 2.21. The van der Waals surface area contributed by atoms with Crippen molar-refractivity contribution in [2.75, 3.05) is 5.73 Å². The number of nitrogen functional groups attached to an aromatic ring is 1. The number of hydrogen-bond donors (Lipinski definition) is 1. The van der Waals surface area contributed by atoms with E-state index < -0.39 is 0 Å². The van der Waals surface area contributed by atoms with E-state index in [1.165, 1.54) is 0 Å². The van der Waals surface area contributed by atoms with Gasteiger partial charge in [-0.15, -0.1) is 0 Å². The number of ether oxygens (including phenoxy) is 1. The number of nitrogens with two attached hydrogens (primary N) is 1. The Morgan fingerprint density at radius 1 is 1.14 bits per heavy atom. The van der Waals surface area contributed by atoms with Crippen molar-refractivity contribution in [2.24, 2.45) is 0 Å². The van der Waals surface area contributed by atoms with Crippen LogP contribution in [0.3, 0.4) is 0 Å². The van der Waals surface area contributed by atoms with E-state index in [1.807, 2.05) is 72.5 Å². The molecule has 106 valence electrons. The van der Waals surface area contributed by atoms with Crippen molar-refractivity contribution in [3.63, 3.8) is 0 Å². The van der Waals surface area contributed by atoms with Crippen LogP contribution in [0.15, 0.2) is 60.9 Å². The van der Waals surface area contributed by atoms with Crippen LogP contribution in [0.1, 0.15) is 11.1 Å². The fourth-order valence-electron chi connectivity index (χ4n) is 2.15. The van der Waals surface area contributed by atoms with E-state index in [0.29, 0.717) is 6.61 Å². The molecule has 0 radical (unpaired) electrons. The van der Waals surface area contributed by atoms with Gasteiger partial charge in [-0.05, 0) is 42.8 Å². The molecule has 0 aliphatic heterocycles. The van der Waals surface area contributed by atoms with Crippen LogP contribution in [0, 0.1) is 6.92 Å². The molecule has 0 aliphatic carbocycles. The molecule has 0 saturated carbocycles. The first-order chi connectivity index (χ1) is 10.2. The molecule has 1 aromatic heterocycles. The Hall–Kier alpha value is -2.75. The van der Waals surface area contributed by atoms with Gasteiger partial charge in [0.05, 0.1) is 11.9 Å². The number of rotatable bonds is 4. The minimum Gasteiger partial charge on any atom is -0.489 e. The lowest BCUT2D eigenvalue weighted by Crippen LogP contribution is -1.97. The predicted octanol–water partition coefficient (Wildman–Crippen LogP) is 3.34. The van der Waals surface area contributed by atoms with Crippen molar-refractivity contribution >= 4 is 5.69 Å². The Labute approximate surface area is 123 Å². The zero-order valence-electron chi connectivity index (χ0n) is 11.9. The van der Waals surface area contributed by atoms with E-state index in [4.69, 9.17) is 10.5 Å². The number of hydrogen-bond acceptors (Lipinski definition) is 3. The quantitative estimate of drug-likeness (QED) is 0.745. The van der Waals surface area contributed by atoms with Gasteiger partial charge in [0.15, 0.2) is 0 Å². The summed E-state index contributed by atoms with van der Waals surface area (Å²) in [4.78, 5) is 0. The standard InChI is InChI=1S/C17H17N3O/c1-13-9-15(18)7-8-17(13)21-12-14-10-19-20(11-14)16-5-3-2-4-6-16/h2-11H,12,18H2,1H3. The molecule has 2 N–H and O–H groups in total. The van der Waals surface area contributed by atoms with E-state index in [9.17, 15) is 0 Å². The molecular formula is C17H17N3O. The third kappa shape index (κ3) is 3.05. The first kappa shape index (κ1) is 13.2. The summed E-state index contributed by atoms with van der Waals surface area (Å²) in [6, 6.07) is 15.6. The van der Waals surface area contributed by atoms with E-state index in [0.717, 1.165) is 28.3 Å². The second-order valence-electron chi connectivity index (χ2n) is 4.94. The van der Waals surface area contributed by atoms with E-state index in [-0.39, 0.29) is 0 Å². The normalized spacial score (nSPS) is 10.5. The number of anilines is 1. The molecule has 0 atom stereocenters. The summed E-state index contributed by atoms with van der Waals surface area (Å²) in [7, 11) is 0. The molecule has 3 aromatic rings. The molecule has 0 saturated heterocycles. The van der Waals surface area contributed by atoms with Gasteiger partial charge in [-0.1, -0.05) is 18.2 Å². The van der Waals surface area contributed by atoms with Gasteiger partial charge in [-0.25, -0.2) is 4.68 Å². The van der Waals surface area contributed by atoms with Gasteiger partial charge in [-0.2, -0.15) is 5.10 Å². The molecule has 4 heteroatoms. The molecule has 0 aliphatic rings. The van der Waals surface area contributed by atoms with Gasteiger partial charge in [-0.3, -0.25) is 0 Å². The van der Waals surface area contributed by atoms with Gasteiger partial charge in [0.1, 0.15) is 12.4 Å². The minimum absolute atomic E-state index is 0.484. The largest absolute Gasteiger partial charge is 0.489 e. The van der Waals surface area contributed by atoms with Crippen LogP contribution in [-0.2, 0) is 6.61 Å². The Morgan fingerprint density at radius 2 is 1.95 bits per heavy atom. The van der Waals surface area contributed by atoms with E-state index in [2.05, 4.69) is 5.10 Å². The smallest absolute Gasteiger partial charge is 0.122 e. The van der Waals surface area contributed by atoms with Crippen molar-refractivity contribution in [1.29, 1.82) is 0 Å². The lowest BCUT2D eigenvalue weighted by atomic mass is 10.2. The van der Waals surface area contributed by atoms with Crippen LogP contribution < -0.4 is 10.5 Å². The molecule has 0 spiro atoms. The molecule has 3 rings (SSSR count). The second kappa shape index (κ2) is 5.71. The number of para-hydroxylation sites is 1. The van der Waals surface area contributed by atoms with Gasteiger partial charge in [0, 0.05) is 17.4 Å². The molecule has 1 heterocycles. The van der Waals surface area contributed by atoms with Gasteiger partial charge < -0.3 is 10.5 Å². The maximum absolute atomic E-state index is 5.82. The van der Waals surface area contributed by atoms with Crippen molar-refractivity contribution in [1.82, 2.24) is 9.78 Å². The van der Waals surface area contributed by atoms with Crippen LogP contribution in [0.4, 0.5) is 5.69 Å². The molecule has 0 fully saturated rings. The fraction of sp³-hybridized carbons (Fsp3) is 0.118. The van der Waals surface area contributed by atoms with Crippen LogP contribution in [0.2, 0.25) is 0 Å². The maximum atomic E-state index is 5.82. The maximum Gasteiger partial charge on any atom is 0.122 e.